The number of benzene rings is 2. The van der Waals surface area contributed by atoms with Crippen LogP contribution in [0.4, 0.5) is 5.69 Å². The third-order valence-electron chi connectivity index (χ3n) is 4.21. The van der Waals surface area contributed by atoms with Gasteiger partial charge in [0.25, 0.3) is 5.91 Å². The van der Waals surface area contributed by atoms with Gasteiger partial charge in [-0.05, 0) is 47.9 Å². The van der Waals surface area contributed by atoms with Gasteiger partial charge in [0.15, 0.2) is 0 Å². The predicted molar refractivity (Wildman–Crippen MR) is 99.7 cm³/mol. The van der Waals surface area contributed by atoms with E-state index in [0.717, 1.165) is 17.5 Å². The highest BCUT2D eigenvalue weighted by Gasteiger charge is 2.19. The van der Waals surface area contributed by atoms with Gasteiger partial charge in [-0.3, -0.25) is 14.6 Å². The lowest BCUT2D eigenvalue weighted by Crippen LogP contribution is -2.24. The summed E-state index contributed by atoms with van der Waals surface area (Å²) in [4.78, 5) is 29.2. The molecule has 0 saturated carbocycles. The van der Waals surface area contributed by atoms with Gasteiger partial charge >= 0.3 is 0 Å². The van der Waals surface area contributed by atoms with Gasteiger partial charge in [-0.1, -0.05) is 19.1 Å². The number of hydrogen-bond acceptors (Lipinski definition) is 4. The molecule has 2 aromatic rings. The molecule has 0 fully saturated rings. The summed E-state index contributed by atoms with van der Waals surface area (Å²) in [6.07, 6.45) is 1.32. The molecule has 130 valence electrons. The van der Waals surface area contributed by atoms with E-state index in [1.807, 2.05) is 13.0 Å². The quantitative estimate of drug-likeness (QED) is 0.922. The van der Waals surface area contributed by atoms with Gasteiger partial charge < -0.3 is 5.32 Å². The summed E-state index contributed by atoms with van der Waals surface area (Å²) < 4.78 is 0. The number of Topliss-reactive ketones (excluding diaryl/α,β-unsaturated/α-hetero) is 1. The van der Waals surface area contributed by atoms with Crippen LogP contribution >= 0.6 is 0 Å². The van der Waals surface area contributed by atoms with Gasteiger partial charge in [0.05, 0.1) is 23.0 Å². The third kappa shape index (κ3) is 3.86. The summed E-state index contributed by atoms with van der Waals surface area (Å²) >= 11 is 0. The number of nitrogens with one attached hydrogen (secondary N) is 1. The number of carbonyl (C=O) groups excluding carboxylic acids is 2. The first kappa shape index (κ1) is 17.6. The number of fused-ring (bicyclic) bond motifs is 1. The third-order valence-corrected chi connectivity index (χ3v) is 4.21. The van der Waals surface area contributed by atoms with E-state index in [1.54, 1.807) is 36.4 Å². The maximum Gasteiger partial charge on any atom is 0.251 e. The molecule has 0 bridgehead atoms. The van der Waals surface area contributed by atoms with E-state index in [4.69, 9.17) is 5.26 Å². The Balaban J connectivity index is 1.97. The molecule has 3 rings (SSSR count). The molecule has 0 aromatic heterocycles. The van der Waals surface area contributed by atoms with Crippen LogP contribution in [0.15, 0.2) is 47.5 Å². The van der Waals surface area contributed by atoms with Crippen LogP contribution in [0.3, 0.4) is 0 Å². The van der Waals surface area contributed by atoms with Gasteiger partial charge in [-0.2, -0.15) is 5.26 Å². The van der Waals surface area contributed by atoms with E-state index in [0.29, 0.717) is 29.1 Å². The van der Waals surface area contributed by atoms with Crippen LogP contribution in [0.5, 0.6) is 0 Å². The highest BCUT2D eigenvalue weighted by atomic mass is 16.1. The molecule has 1 heterocycles. The molecule has 0 spiro atoms. The summed E-state index contributed by atoms with van der Waals surface area (Å²) in [5, 5.41) is 11.9. The molecule has 1 aliphatic rings. The number of nitrogens with zero attached hydrogens (tertiary/aromatic N) is 2. The highest BCUT2D eigenvalue weighted by Crippen LogP contribution is 2.27. The summed E-state index contributed by atoms with van der Waals surface area (Å²) in [6, 6.07) is 14.5. The van der Waals surface area contributed by atoms with Crippen molar-refractivity contribution in [1.82, 2.24) is 5.32 Å². The minimum absolute atomic E-state index is 0.0379. The molecule has 1 amide bonds. The number of carbonyl (C=O) groups is 2. The van der Waals surface area contributed by atoms with Crippen LogP contribution in [0, 0.1) is 11.3 Å². The van der Waals surface area contributed by atoms with Crippen molar-refractivity contribution in [3.05, 3.63) is 64.7 Å². The van der Waals surface area contributed by atoms with E-state index >= 15 is 0 Å². The second-order valence-electron chi connectivity index (χ2n) is 6.24. The second-order valence-corrected chi connectivity index (χ2v) is 6.24. The Morgan fingerprint density at radius 1 is 1.23 bits per heavy atom. The molecule has 0 atom stereocenters. The van der Waals surface area contributed by atoms with Crippen molar-refractivity contribution in [2.45, 2.75) is 26.2 Å². The number of rotatable bonds is 4. The van der Waals surface area contributed by atoms with E-state index in [1.165, 1.54) is 0 Å². The topological polar surface area (TPSA) is 82.3 Å². The Labute approximate surface area is 152 Å². The van der Waals surface area contributed by atoms with Crippen LogP contribution < -0.4 is 5.32 Å². The van der Waals surface area contributed by atoms with Gasteiger partial charge in [-0.25, -0.2) is 0 Å². The smallest absolute Gasteiger partial charge is 0.251 e. The monoisotopic (exact) mass is 345 g/mol. The van der Waals surface area contributed by atoms with Crippen molar-refractivity contribution < 1.29 is 9.59 Å². The molecule has 1 N–H and O–H groups in total. The molecule has 0 unspecified atom stereocenters. The second kappa shape index (κ2) is 7.75. The minimum Gasteiger partial charge on any atom is -0.352 e. The Bertz CT molecular complexity index is 939. The first-order valence-electron chi connectivity index (χ1n) is 8.61. The normalized spacial score (nSPS) is 13.2. The molecule has 0 aliphatic carbocycles. The lowest BCUT2D eigenvalue weighted by Gasteiger charge is -2.07. The van der Waals surface area contributed by atoms with Crippen LogP contribution in [0.2, 0.25) is 0 Å². The maximum absolute atomic E-state index is 12.4. The Morgan fingerprint density at radius 2 is 2.08 bits per heavy atom. The van der Waals surface area contributed by atoms with Crippen molar-refractivity contribution in [1.29, 1.82) is 5.26 Å². The van der Waals surface area contributed by atoms with E-state index < -0.39 is 0 Å². The van der Waals surface area contributed by atoms with E-state index in [-0.39, 0.29) is 24.5 Å². The molecule has 26 heavy (non-hydrogen) atoms. The highest BCUT2D eigenvalue weighted by molar-refractivity contribution is 6.14. The number of ketones is 1. The Morgan fingerprint density at radius 3 is 2.85 bits per heavy atom. The zero-order chi connectivity index (χ0) is 18.5. The molecule has 5 nitrogen and oxygen atoms in total. The average molecular weight is 345 g/mol. The van der Waals surface area contributed by atoms with Crippen LogP contribution in [0.25, 0.3) is 0 Å². The average Bonchev–Trinajstić information content (AvgIpc) is 2.83. The summed E-state index contributed by atoms with van der Waals surface area (Å²) in [5.41, 5.74) is 3.94. The van der Waals surface area contributed by atoms with E-state index in [2.05, 4.69) is 16.4 Å². The fourth-order valence-corrected chi connectivity index (χ4v) is 2.90. The summed E-state index contributed by atoms with van der Waals surface area (Å²) in [5.74, 6) is -0.103. The molecule has 5 heteroatoms. The van der Waals surface area contributed by atoms with Crippen molar-refractivity contribution in [3.8, 4) is 6.07 Å². The fraction of sp³-hybridized carbons (Fsp3) is 0.238. The molecule has 1 aliphatic heterocycles. The number of amides is 1. The van der Waals surface area contributed by atoms with Gasteiger partial charge in [0, 0.05) is 24.9 Å². The minimum atomic E-state index is -0.141. The van der Waals surface area contributed by atoms with Crippen molar-refractivity contribution in [2.75, 3.05) is 6.54 Å². The molecular weight excluding hydrogens is 326 g/mol. The first-order valence-corrected chi connectivity index (χ1v) is 8.61. The number of hydrogen-bond donors (Lipinski definition) is 1. The predicted octanol–water partition coefficient (Wildman–Crippen LogP) is 3.33. The number of nitriles is 1. The lowest BCUT2D eigenvalue weighted by atomic mass is 10.0. The zero-order valence-electron chi connectivity index (χ0n) is 14.6. The van der Waals surface area contributed by atoms with E-state index in [9.17, 15) is 9.59 Å². The SMILES string of the molecule is CCCNC(=O)c1ccc2c(c1)CC(=O)CC(c1cccc(C#N)c1)=N2. The largest absolute Gasteiger partial charge is 0.352 e. The molecule has 2 aromatic carbocycles. The lowest BCUT2D eigenvalue weighted by molar-refractivity contribution is -0.117. The molecular formula is C21H19N3O2. The van der Waals surface area contributed by atoms with Gasteiger partial charge in [0.1, 0.15) is 5.78 Å². The summed E-state index contributed by atoms with van der Waals surface area (Å²) in [6.45, 7) is 2.61. The Hall–Kier alpha value is -3.26. The fourth-order valence-electron chi connectivity index (χ4n) is 2.90. The van der Waals surface area contributed by atoms with Gasteiger partial charge in [-0.15, -0.1) is 0 Å². The maximum atomic E-state index is 12.4. The van der Waals surface area contributed by atoms with Crippen molar-refractivity contribution >= 4 is 23.1 Å². The first-order chi connectivity index (χ1) is 12.6. The standard InChI is InChI=1S/C21H19N3O2/c1-2-8-23-21(26)16-6-7-19-17(10-16)11-18(25)12-20(24-19)15-5-3-4-14(9-15)13-22/h3-7,9-10H,2,8,11-12H2,1H3,(H,23,26). The zero-order valence-corrected chi connectivity index (χ0v) is 14.6. The van der Waals surface area contributed by atoms with Crippen molar-refractivity contribution in [3.63, 3.8) is 0 Å². The van der Waals surface area contributed by atoms with Crippen LogP contribution in [0.1, 0.15) is 46.8 Å². The number of aliphatic imine (C=N–C) groups is 1. The van der Waals surface area contributed by atoms with Crippen molar-refractivity contribution in [2.24, 2.45) is 4.99 Å². The van der Waals surface area contributed by atoms with Crippen LogP contribution in [-0.2, 0) is 11.2 Å². The molecule has 0 saturated heterocycles. The Kier molecular flexibility index (Phi) is 5.23. The molecule has 0 radical (unpaired) electrons. The van der Waals surface area contributed by atoms with Gasteiger partial charge in [0.2, 0.25) is 0 Å². The van der Waals surface area contributed by atoms with Crippen LogP contribution in [-0.4, -0.2) is 23.9 Å². The summed E-state index contributed by atoms with van der Waals surface area (Å²) in [7, 11) is 0.